The van der Waals surface area contributed by atoms with Crippen LogP contribution in [0.25, 0.3) is 0 Å². The molecule has 0 amide bonds. The molecule has 0 unspecified atom stereocenters. The number of nitriles is 1. The standard InChI is InChI=1S/C11H10N4O2S2/c1-7-6-18-11(14-7)15-19(16,17)10-3-2-9(13)4-8(10)5-12/h2-4,6H,13H2,1H3,(H,14,15). The number of anilines is 2. The van der Waals surface area contributed by atoms with Gasteiger partial charge in [-0.05, 0) is 25.1 Å². The quantitative estimate of drug-likeness (QED) is 0.837. The number of hydrogen-bond acceptors (Lipinski definition) is 6. The molecule has 1 heterocycles. The lowest BCUT2D eigenvalue weighted by atomic mass is 10.2. The topological polar surface area (TPSA) is 109 Å². The first-order valence-electron chi connectivity index (χ1n) is 5.17. The molecule has 98 valence electrons. The third kappa shape index (κ3) is 2.83. The van der Waals surface area contributed by atoms with Crippen LogP contribution in [0.4, 0.5) is 10.8 Å². The lowest BCUT2D eigenvalue weighted by Crippen LogP contribution is -2.14. The molecule has 0 saturated heterocycles. The molecule has 0 atom stereocenters. The van der Waals surface area contributed by atoms with Gasteiger partial charge in [0.25, 0.3) is 10.0 Å². The first kappa shape index (κ1) is 13.3. The van der Waals surface area contributed by atoms with Gasteiger partial charge in [-0.25, -0.2) is 13.4 Å². The maximum Gasteiger partial charge on any atom is 0.264 e. The average Bonchev–Trinajstić information content (AvgIpc) is 2.73. The first-order chi connectivity index (χ1) is 8.92. The van der Waals surface area contributed by atoms with Gasteiger partial charge in [-0.1, -0.05) is 0 Å². The van der Waals surface area contributed by atoms with Gasteiger partial charge in [0.1, 0.15) is 11.0 Å². The van der Waals surface area contributed by atoms with Crippen LogP contribution in [0.5, 0.6) is 0 Å². The van der Waals surface area contributed by atoms with Gasteiger partial charge in [0.15, 0.2) is 5.13 Å². The molecule has 6 nitrogen and oxygen atoms in total. The molecule has 0 bridgehead atoms. The Morgan fingerprint density at radius 2 is 2.21 bits per heavy atom. The maximum absolute atomic E-state index is 12.2. The Morgan fingerprint density at radius 1 is 1.47 bits per heavy atom. The second kappa shape index (κ2) is 4.87. The third-order valence-corrected chi connectivity index (χ3v) is 4.66. The molecule has 0 fully saturated rings. The van der Waals surface area contributed by atoms with Crippen molar-refractivity contribution in [3.63, 3.8) is 0 Å². The average molecular weight is 294 g/mol. The van der Waals surface area contributed by atoms with Gasteiger partial charge in [-0.2, -0.15) is 5.26 Å². The van der Waals surface area contributed by atoms with E-state index in [1.165, 1.54) is 29.5 Å². The smallest absolute Gasteiger partial charge is 0.264 e. The summed E-state index contributed by atoms with van der Waals surface area (Å²) in [5.74, 6) is 0. The van der Waals surface area contributed by atoms with E-state index in [0.717, 1.165) is 5.69 Å². The molecular weight excluding hydrogens is 284 g/mol. The van der Waals surface area contributed by atoms with Crippen LogP contribution >= 0.6 is 11.3 Å². The number of benzene rings is 1. The van der Waals surface area contributed by atoms with Crippen LogP contribution < -0.4 is 10.5 Å². The predicted octanol–water partition coefficient (Wildman–Crippen LogP) is 1.71. The van der Waals surface area contributed by atoms with Gasteiger partial charge in [0.2, 0.25) is 0 Å². The lowest BCUT2D eigenvalue weighted by molar-refractivity contribution is 0.601. The zero-order valence-electron chi connectivity index (χ0n) is 9.91. The van der Waals surface area contributed by atoms with E-state index in [1.807, 2.05) is 6.07 Å². The van der Waals surface area contributed by atoms with E-state index in [4.69, 9.17) is 11.0 Å². The van der Waals surface area contributed by atoms with Crippen LogP contribution in [0.1, 0.15) is 11.3 Å². The zero-order valence-corrected chi connectivity index (χ0v) is 11.5. The van der Waals surface area contributed by atoms with Crippen molar-refractivity contribution in [1.29, 1.82) is 5.26 Å². The monoisotopic (exact) mass is 294 g/mol. The van der Waals surface area contributed by atoms with Crippen molar-refractivity contribution in [3.05, 3.63) is 34.8 Å². The summed E-state index contributed by atoms with van der Waals surface area (Å²) >= 11 is 1.18. The Bertz CT molecular complexity index is 759. The SMILES string of the molecule is Cc1csc(NS(=O)(=O)c2ccc(N)cc2C#N)n1. The minimum Gasteiger partial charge on any atom is -0.399 e. The van der Waals surface area contributed by atoms with Crippen LogP contribution in [-0.4, -0.2) is 13.4 Å². The fourth-order valence-corrected chi connectivity index (χ4v) is 3.52. The van der Waals surface area contributed by atoms with Gasteiger partial charge in [-0.3, -0.25) is 4.72 Å². The lowest BCUT2D eigenvalue weighted by Gasteiger charge is -2.07. The molecule has 0 aliphatic heterocycles. The molecule has 0 aliphatic carbocycles. The van der Waals surface area contributed by atoms with Gasteiger partial charge in [0, 0.05) is 11.1 Å². The molecule has 0 spiro atoms. The van der Waals surface area contributed by atoms with E-state index < -0.39 is 10.0 Å². The highest BCUT2D eigenvalue weighted by molar-refractivity contribution is 7.93. The number of thiazole rings is 1. The minimum absolute atomic E-state index is 0.000720. The number of nitrogens with one attached hydrogen (secondary N) is 1. The Morgan fingerprint density at radius 3 is 2.79 bits per heavy atom. The van der Waals surface area contributed by atoms with Crippen LogP contribution in [0, 0.1) is 18.3 Å². The fraction of sp³-hybridized carbons (Fsp3) is 0.0909. The van der Waals surface area contributed by atoms with Crippen molar-refractivity contribution >= 4 is 32.2 Å². The maximum atomic E-state index is 12.2. The van der Waals surface area contributed by atoms with Gasteiger partial charge < -0.3 is 5.73 Å². The zero-order chi connectivity index (χ0) is 14.0. The summed E-state index contributed by atoms with van der Waals surface area (Å²) in [6.45, 7) is 1.76. The van der Waals surface area contributed by atoms with Crippen LogP contribution in [-0.2, 0) is 10.0 Å². The number of aromatic nitrogens is 1. The van der Waals surface area contributed by atoms with E-state index >= 15 is 0 Å². The Balaban J connectivity index is 2.43. The fourth-order valence-electron chi connectivity index (χ4n) is 1.44. The van der Waals surface area contributed by atoms with Crippen molar-refractivity contribution in [3.8, 4) is 6.07 Å². The molecule has 2 aromatic rings. The van der Waals surface area contributed by atoms with Crippen LogP contribution in [0.3, 0.4) is 0 Å². The molecular formula is C11H10N4O2S2. The Labute approximate surface area is 114 Å². The van der Waals surface area contributed by atoms with E-state index in [2.05, 4.69) is 9.71 Å². The van der Waals surface area contributed by atoms with E-state index in [9.17, 15) is 8.42 Å². The van der Waals surface area contributed by atoms with Crippen LogP contribution in [0.15, 0.2) is 28.5 Å². The Hall–Kier alpha value is -2.11. The predicted molar refractivity (Wildman–Crippen MR) is 73.2 cm³/mol. The largest absolute Gasteiger partial charge is 0.399 e. The molecule has 2 rings (SSSR count). The summed E-state index contributed by atoms with van der Waals surface area (Å²) < 4.78 is 26.7. The molecule has 0 radical (unpaired) electrons. The molecule has 1 aromatic carbocycles. The molecule has 0 saturated carbocycles. The van der Waals surface area contributed by atoms with Crippen molar-refractivity contribution in [2.24, 2.45) is 0 Å². The summed E-state index contributed by atoms with van der Waals surface area (Å²) in [5.41, 5.74) is 6.58. The highest BCUT2D eigenvalue weighted by Gasteiger charge is 2.20. The minimum atomic E-state index is -3.84. The summed E-state index contributed by atoms with van der Waals surface area (Å²) in [6.07, 6.45) is 0. The number of nitrogen functional groups attached to an aromatic ring is 1. The second-order valence-electron chi connectivity index (χ2n) is 3.77. The third-order valence-electron chi connectivity index (χ3n) is 2.25. The molecule has 3 N–H and O–H groups in total. The summed E-state index contributed by atoms with van der Waals surface area (Å²) in [6, 6.07) is 5.87. The van der Waals surface area contributed by atoms with E-state index in [0.29, 0.717) is 5.69 Å². The van der Waals surface area contributed by atoms with Crippen molar-refractivity contribution in [2.75, 3.05) is 10.5 Å². The highest BCUT2D eigenvalue weighted by Crippen LogP contribution is 2.23. The summed E-state index contributed by atoms with van der Waals surface area (Å²) in [5, 5.41) is 11.0. The van der Waals surface area contributed by atoms with Crippen molar-refractivity contribution < 1.29 is 8.42 Å². The van der Waals surface area contributed by atoms with Gasteiger partial charge in [-0.15, -0.1) is 11.3 Å². The number of nitrogens with zero attached hydrogens (tertiary/aromatic N) is 2. The van der Waals surface area contributed by atoms with Crippen LogP contribution in [0.2, 0.25) is 0 Å². The van der Waals surface area contributed by atoms with E-state index in [1.54, 1.807) is 12.3 Å². The molecule has 1 aromatic heterocycles. The summed E-state index contributed by atoms with van der Waals surface area (Å²) in [4.78, 5) is 3.90. The van der Waals surface area contributed by atoms with Crippen molar-refractivity contribution in [1.82, 2.24) is 4.98 Å². The van der Waals surface area contributed by atoms with Crippen molar-refractivity contribution in [2.45, 2.75) is 11.8 Å². The Kier molecular flexibility index (Phi) is 3.42. The number of aryl methyl sites for hydroxylation is 1. The first-order valence-corrected chi connectivity index (χ1v) is 7.53. The van der Waals surface area contributed by atoms with E-state index in [-0.39, 0.29) is 15.6 Å². The van der Waals surface area contributed by atoms with Gasteiger partial charge in [0.05, 0.1) is 11.3 Å². The molecule has 0 aliphatic rings. The second-order valence-corrected chi connectivity index (χ2v) is 6.28. The number of hydrogen-bond donors (Lipinski definition) is 2. The molecule has 19 heavy (non-hydrogen) atoms. The van der Waals surface area contributed by atoms with Gasteiger partial charge >= 0.3 is 0 Å². The number of sulfonamides is 1. The summed E-state index contributed by atoms with van der Waals surface area (Å²) in [7, 11) is -3.84. The number of rotatable bonds is 3. The number of nitrogens with two attached hydrogens (primary N) is 1. The molecule has 8 heteroatoms. The normalized spacial score (nSPS) is 10.9. The highest BCUT2D eigenvalue weighted by atomic mass is 32.2.